The largest absolute Gasteiger partial charge is 0.495 e. The lowest BCUT2D eigenvalue weighted by Gasteiger charge is -2.21. The molecule has 3 heteroatoms. The Kier molecular flexibility index (Phi) is 3.98. The minimum absolute atomic E-state index is 0.116. The normalized spacial score (nSPS) is 11.3. The minimum atomic E-state index is -0.348. The fourth-order valence-electron chi connectivity index (χ4n) is 1.35. The van der Waals surface area contributed by atoms with Crippen LogP contribution in [0.1, 0.15) is 37.6 Å². The number of halogens is 1. The van der Waals surface area contributed by atoms with Crippen LogP contribution in [0.5, 0.6) is 5.75 Å². The third kappa shape index (κ3) is 2.56. The summed E-state index contributed by atoms with van der Waals surface area (Å²) < 4.78 is 5.10. The van der Waals surface area contributed by atoms with Gasteiger partial charge in [0.1, 0.15) is 5.75 Å². The highest BCUT2D eigenvalue weighted by molar-refractivity contribution is 6.32. The molecule has 0 spiro atoms. The predicted octanol–water partition coefficient (Wildman–Crippen LogP) is 3.97. The van der Waals surface area contributed by atoms with Gasteiger partial charge in [-0.3, -0.25) is 4.79 Å². The first-order chi connectivity index (χ1) is 7.42. The predicted molar refractivity (Wildman–Crippen MR) is 66.4 cm³/mol. The molecule has 0 radical (unpaired) electrons. The van der Waals surface area contributed by atoms with Crippen LogP contribution in [-0.2, 0) is 0 Å². The maximum atomic E-state index is 12.2. The standard InChI is InChI=1S/C13H17ClO2/c1-5-13(2,3)12(15)9-6-7-10(14)11(8-9)16-4/h6-8H,5H2,1-4H3. The van der Waals surface area contributed by atoms with Gasteiger partial charge in [0.2, 0.25) is 0 Å². The Hall–Kier alpha value is -1.02. The highest BCUT2D eigenvalue weighted by Gasteiger charge is 2.26. The molecule has 0 aliphatic rings. The van der Waals surface area contributed by atoms with Gasteiger partial charge in [-0.25, -0.2) is 0 Å². The van der Waals surface area contributed by atoms with Gasteiger partial charge in [0.15, 0.2) is 5.78 Å². The van der Waals surface area contributed by atoms with E-state index in [0.29, 0.717) is 16.3 Å². The van der Waals surface area contributed by atoms with E-state index < -0.39 is 0 Å². The van der Waals surface area contributed by atoms with Crippen LogP contribution in [0.15, 0.2) is 18.2 Å². The molecule has 0 bridgehead atoms. The molecule has 0 aromatic heterocycles. The molecule has 16 heavy (non-hydrogen) atoms. The van der Waals surface area contributed by atoms with Gasteiger partial charge in [-0.15, -0.1) is 0 Å². The summed E-state index contributed by atoms with van der Waals surface area (Å²) in [6.45, 7) is 5.89. The molecule has 1 rings (SSSR count). The van der Waals surface area contributed by atoms with Crippen LogP contribution in [0.4, 0.5) is 0 Å². The average molecular weight is 241 g/mol. The van der Waals surface area contributed by atoms with E-state index in [1.807, 2.05) is 20.8 Å². The van der Waals surface area contributed by atoms with Crippen LogP contribution >= 0.6 is 11.6 Å². The Labute approximate surface area is 102 Å². The summed E-state index contributed by atoms with van der Waals surface area (Å²) in [4.78, 5) is 12.2. The monoisotopic (exact) mass is 240 g/mol. The maximum Gasteiger partial charge on any atom is 0.168 e. The third-order valence-corrected chi connectivity index (χ3v) is 3.22. The van der Waals surface area contributed by atoms with Crippen LogP contribution in [0.3, 0.4) is 0 Å². The number of Topliss-reactive ketones (excluding diaryl/α,β-unsaturated/α-hetero) is 1. The summed E-state index contributed by atoms with van der Waals surface area (Å²) >= 11 is 5.91. The van der Waals surface area contributed by atoms with Crippen LogP contribution in [0, 0.1) is 5.41 Å². The van der Waals surface area contributed by atoms with E-state index in [2.05, 4.69) is 0 Å². The first-order valence-corrected chi connectivity index (χ1v) is 5.68. The summed E-state index contributed by atoms with van der Waals surface area (Å²) in [6.07, 6.45) is 0.802. The van der Waals surface area contributed by atoms with Gasteiger partial charge in [-0.1, -0.05) is 32.4 Å². The van der Waals surface area contributed by atoms with Crippen molar-refractivity contribution in [1.82, 2.24) is 0 Å². The van der Waals surface area contributed by atoms with Crippen molar-refractivity contribution in [2.75, 3.05) is 7.11 Å². The number of ketones is 1. The smallest absolute Gasteiger partial charge is 0.168 e. The van der Waals surface area contributed by atoms with E-state index in [1.165, 1.54) is 0 Å². The Morgan fingerprint density at radius 1 is 1.44 bits per heavy atom. The lowest BCUT2D eigenvalue weighted by atomic mass is 9.82. The Morgan fingerprint density at radius 3 is 2.56 bits per heavy atom. The molecule has 0 N–H and O–H groups in total. The zero-order chi connectivity index (χ0) is 12.3. The van der Waals surface area contributed by atoms with Crippen molar-refractivity contribution in [2.45, 2.75) is 27.2 Å². The molecule has 0 amide bonds. The minimum Gasteiger partial charge on any atom is -0.495 e. The molecule has 0 saturated heterocycles. The molecule has 0 aliphatic carbocycles. The molecule has 2 nitrogen and oxygen atoms in total. The molecule has 0 unspecified atom stereocenters. The molecule has 1 aromatic carbocycles. The van der Waals surface area contributed by atoms with Crippen LogP contribution in [0.2, 0.25) is 5.02 Å². The van der Waals surface area contributed by atoms with Crippen molar-refractivity contribution in [2.24, 2.45) is 5.41 Å². The summed E-state index contributed by atoms with van der Waals surface area (Å²) in [7, 11) is 1.54. The SMILES string of the molecule is CCC(C)(C)C(=O)c1ccc(Cl)c(OC)c1. The second-order valence-corrected chi connectivity index (χ2v) is 4.82. The summed E-state index contributed by atoms with van der Waals surface area (Å²) in [6, 6.07) is 5.13. The van der Waals surface area contributed by atoms with Crippen molar-refractivity contribution in [3.05, 3.63) is 28.8 Å². The van der Waals surface area contributed by atoms with Crippen molar-refractivity contribution >= 4 is 17.4 Å². The third-order valence-electron chi connectivity index (χ3n) is 2.91. The Balaban J connectivity index is 3.10. The van der Waals surface area contributed by atoms with Gasteiger partial charge in [-0.2, -0.15) is 0 Å². The second kappa shape index (κ2) is 4.88. The number of methoxy groups -OCH3 is 1. The lowest BCUT2D eigenvalue weighted by Crippen LogP contribution is -2.23. The van der Waals surface area contributed by atoms with Gasteiger partial charge >= 0.3 is 0 Å². The molecule has 0 atom stereocenters. The summed E-state index contributed by atoms with van der Waals surface area (Å²) in [5.41, 5.74) is 0.298. The highest BCUT2D eigenvalue weighted by Crippen LogP contribution is 2.30. The Morgan fingerprint density at radius 2 is 2.06 bits per heavy atom. The zero-order valence-corrected chi connectivity index (χ0v) is 10.9. The van der Waals surface area contributed by atoms with Crippen molar-refractivity contribution in [1.29, 1.82) is 0 Å². The van der Waals surface area contributed by atoms with E-state index in [4.69, 9.17) is 16.3 Å². The van der Waals surface area contributed by atoms with Gasteiger partial charge in [0.05, 0.1) is 12.1 Å². The molecule has 0 saturated carbocycles. The van der Waals surface area contributed by atoms with E-state index in [-0.39, 0.29) is 11.2 Å². The van der Waals surface area contributed by atoms with Gasteiger partial charge in [0.25, 0.3) is 0 Å². The quantitative estimate of drug-likeness (QED) is 0.745. The van der Waals surface area contributed by atoms with Crippen molar-refractivity contribution in [3.8, 4) is 5.75 Å². The lowest BCUT2D eigenvalue weighted by molar-refractivity contribution is 0.0832. The first-order valence-electron chi connectivity index (χ1n) is 5.30. The van der Waals surface area contributed by atoms with E-state index in [0.717, 1.165) is 6.42 Å². The van der Waals surface area contributed by atoms with Crippen molar-refractivity contribution in [3.63, 3.8) is 0 Å². The number of carbonyl (C=O) groups excluding carboxylic acids is 1. The fourth-order valence-corrected chi connectivity index (χ4v) is 1.55. The molecular formula is C13H17ClO2. The van der Waals surface area contributed by atoms with Gasteiger partial charge < -0.3 is 4.74 Å². The fraction of sp³-hybridized carbons (Fsp3) is 0.462. The summed E-state index contributed by atoms with van der Waals surface area (Å²) in [5.74, 6) is 0.657. The van der Waals surface area contributed by atoms with E-state index in [9.17, 15) is 4.79 Å². The van der Waals surface area contributed by atoms with Gasteiger partial charge in [-0.05, 0) is 24.6 Å². The maximum absolute atomic E-state index is 12.2. The van der Waals surface area contributed by atoms with E-state index >= 15 is 0 Å². The first kappa shape index (κ1) is 13.0. The number of ether oxygens (including phenoxy) is 1. The van der Waals surface area contributed by atoms with Gasteiger partial charge in [0, 0.05) is 11.0 Å². The molecule has 0 heterocycles. The molecule has 88 valence electrons. The molecule has 0 aliphatic heterocycles. The van der Waals surface area contributed by atoms with Crippen LogP contribution in [0.25, 0.3) is 0 Å². The number of rotatable bonds is 4. The number of benzene rings is 1. The molecule has 1 aromatic rings. The topological polar surface area (TPSA) is 26.3 Å². The molecular weight excluding hydrogens is 224 g/mol. The van der Waals surface area contributed by atoms with E-state index in [1.54, 1.807) is 25.3 Å². The summed E-state index contributed by atoms with van der Waals surface area (Å²) in [5, 5.41) is 0.522. The Bertz CT molecular complexity index is 397. The number of hydrogen-bond donors (Lipinski definition) is 0. The average Bonchev–Trinajstić information content (AvgIpc) is 2.28. The highest BCUT2D eigenvalue weighted by atomic mass is 35.5. The number of hydrogen-bond acceptors (Lipinski definition) is 2. The van der Waals surface area contributed by atoms with Crippen LogP contribution in [-0.4, -0.2) is 12.9 Å². The molecule has 0 fully saturated rings. The zero-order valence-electron chi connectivity index (χ0n) is 10.1. The van der Waals surface area contributed by atoms with Crippen LogP contribution < -0.4 is 4.74 Å². The second-order valence-electron chi connectivity index (χ2n) is 4.42. The number of carbonyl (C=O) groups is 1. The van der Waals surface area contributed by atoms with Crippen molar-refractivity contribution < 1.29 is 9.53 Å².